The highest BCUT2D eigenvalue weighted by atomic mass is 16.6. The van der Waals surface area contributed by atoms with Crippen molar-refractivity contribution in [2.24, 2.45) is 17.8 Å². The van der Waals surface area contributed by atoms with Crippen molar-refractivity contribution in [2.75, 3.05) is 19.8 Å². The smallest absolute Gasteiger partial charge is 0.312 e. The van der Waals surface area contributed by atoms with Gasteiger partial charge in [0.2, 0.25) is 11.8 Å². The molecular formula is C32H43N5O6. The highest BCUT2D eigenvalue weighted by molar-refractivity contribution is 5.98. The van der Waals surface area contributed by atoms with Crippen molar-refractivity contribution in [2.45, 2.75) is 82.8 Å². The molecule has 2 amide bonds. The van der Waals surface area contributed by atoms with E-state index in [2.05, 4.69) is 23.5 Å². The summed E-state index contributed by atoms with van der Waals surface area (Å²) < 4.78 is 13.9. The SMILES string of the molecule is C=CCCCCOC(=O)[C@@H]1[C@@H]2CCC3(O2)C(C(=O)N(CC=C)Cn2nnc4ccccc42)N([C@@H](CO)CC(C)C)C(=O)[C@H]13. The number of nitrogens with zero attached hydrogens (tertiary/aromatic N) is 5. The van der Waals surface area contributed by atoms with Crippen LogP contribution in [0, 0.1) is 17.8 Å². The molecule has 3 aliphatic rings. The standard InChI is InChI=1S/C32H43N5O6/c1-5-7-8-11-17-42-31(41)26-25-14-15-32(43-25)27(26)29(39)37(22(19-38)18-21(3)4)28(32)30(40)35(16-6-2)20-36-24-13-10-9-12-23(24)33-34-36/h5-6,9-10,12-13,21-22,25-28,38H,1-2,7-8,11,14-20H2,3-4H3/t22-,25+,26-,27+,28?,32?/m1/s1. The number of carbonyl (C=O) groups excluding carboxylic acids is 3. The molecule has 4 heterocycles. The lowest BCUT2D eigenvalue weighted by atomic mass is 9.70. The molecule has 0 radical (unpaired) electrons. The summed E-state index contributed by atoms with van der Waals surface area (Å²) in [5.74, 6) is -2.64. The largest absolute Gasteiger partial charge is 0.465 e. The number of hydrogen-bond acceptors (Lipinski definition) is 8. The fraction of sp³-hybridized carbons (Fsp3) is 0.594. The van der Waals surface area contributed by atoms with Crippen LogP contribution < -0.4 is 0 Å². The first-order chi connectivity index (χ1) is 20.8. The molecule has 2 bridgehead atoms. The molecule has 43 heavy (non-hydrogen) atoms. The Balaban J connectivity index is 1.48. The number of benzene rings is 1. The highest BCUT2D eigenvalue weighted by Gasteiger charge is 2.75. The Bertz CT molecular complexity index is 1360. The molecule has 1 spiro atoms. The second-order valence-corrected chi connectivity index (χ2v) is 12.3. The van der Waals surface area contributed by atoms with E-state index in [1.54, 1.807) is 15.7 Å². The second kappa shape index (κ2) is 13.0. The third-order valence-corrected chi connectivity index (χ3v) is 9.02. The first-order valence-corrected chi connectivity index (χ1v) is 15.3. The van der Waals surface area contributed by atoms with Gasteiger partial charge in [-0.1, -0.05) is 43.3 Å². The van der Waals surface area contributed by atoms with Crippen molar-refractivity contribution in [3.63, 3.8) is 0 Å². The van der Waals surface area contributed by atoms with Gasteiger partial charge in [-0.25, -0.2) is 4.68 Å². The summed E-state index contributed by atoms with van der Waals surface area (Å²) >= 11 is 0. The molecule has 1 aromatic carbocycles. The molecule has 3 saturated heterocycles. The van der Waals surface area contributed by atoms with Crippen LogP contribution in [0.15, 0.2) is 49.6 Å². The van der Waals surface area contributed by atoms with E-state index in [4.69, 9.17) is 9.47 Å². The van der Waals surface area contributed by atoms with Gasteiger partial charge in [0.05, 0.1) is 42.7 Å². The Morgan fingerprint density at radius 2 is 2.05 bits per heavy atom. The summed E-state index contributed by atoms with van der Waals surface area (Å²) in [5.41, 5.74) is 0.270. The zero-order chi connectivity index (χ0) is 30.7. The van der Waals surface area contributed by atoms with Gasteiger partial charge in [0.25, 0.3) is 0 Å². The maximum Gasteiger partial charge on any atom is 0.312 e. The number of aromatic nitrogens is 3. The molecule has 6 atom stereocenters. The fourth-order valence-corrected chi connectivity index (χ4v) is 7.24. The maximum atomic E-state index is 14.7. The van der Waals surface area contributed by atoms with Crippen molar-refractivity contribution >= 4 is 28.8 Å². The molecule has 5 rings (SSSR count). The summed E-state index contributed by atoms with van der Waals surface area (Å²) in [6, 6.07) is 5.84. The number of aliphatic hydroxyl groups excluding tert-OH is 1. The van der Waals surface area contributed by atoms with Crippen LogP contribution in [0.3, 0.4) is 0 Å². The first kappa shape index (κ1) is 30.9. The van der Waals surface area contributed by atoms with Crippen molar-refractivity contribution < 1.29 is 29.0 Å². The number of aliphatic hydroxyl groups is 1. The third-order valence-electron chi connectivity index (χ3n) is 9.02. The Morgan fingerprint density at radius 1 is 1.26 bits per heavy atom. The lowest BCUT2D eigenvalue weighted by Gasteiger charge is -2.39. The Hall–Kier alpha value is -3.57. The number of hydrogen-bond donors (Lipinski definition) is 1. The quantitative estimate of drug-likeness (QED) is 0.190. The average molecular weight is 594 g/mol. The summed E-state index contributed by atoms with van der Waals surface area (Å²) in [6.45, 7) is 11.8. The van der Waals surface area contributed by atoms with Crippen LogP contribution in [-0.2, 0) is 30.5 Å². The number of rotatable bonds is 15. The third kappa shape index (κ3) is 5.60. The average Bonchev–Trinajstić information content (AvgIpc) is 3.74. The van der Waals surface area contributed by atoms with Crippen LogP contribution in [0.2, 0.25) is 0 Å². The zero-order valence-electron chi connectivity index (χ0n) is 25.1. The van der Waals surface area contributed by atoms with E-state index in [9.17, 15) is 19.5 Å². The van der Waals surface area contributed by atoms with Crippen LogP contribution in [0.5, 0.6) is 0 Å². The number of likely N-dealkylation sites (tertiary alicyclic amines) is 1. The molecule has 232 valence electrons. The van der Waals surface area contributed by atoms with Gasteiger partial charge in [0.1, 0.15) is 23.8 Å². The van der Waals surface area contributed by atoms with Gasteiger partial charge >= 0.3 is 5.97 Å². The van der Waals surface area contributed by atoms with E-state index >= 15 is 0 Å². The monoisotopic (exact) mass is 593 g/mol. The summed E-state index contributed by atoms with van der Waals surface area (Å²) in [4.78, 5) is 45.6. The number of para-hydroxylation sites is 1. The van der Waals surface area contributed by atoms with Crippen LogP contribution >= 0.6 is 0 Å². The molecule has 0 saturated carbocycles. The Labute approximate surface area is 252 Å². The zero-order valence-corrected chi connectivity index (χ0v) is 25.1. The number of fused-ring (bicyclic) bond motifs is 2. The first-order valence-electron chi connectivity index (χ1n) is 15.3. The van der Waals surface area contributed by atoms with E-state index in [1.807, 2.05) is 44.2 Å². The van der Waals surface area contributed by atoms with Gasteiger partial charge < -0.3 is 24.4 Å². The number of unbranched alkanes of at least 4 members (excludes halogenated alkanes) is 2. The van der Waals surface area contributed by atoms with Crippen LogP contribution in [0.1, 0.15) is 52.4 Å². The van der Waals surface area contributed by atoms with E-state index in [0.717, 1.165) is 18.4 Å². The molecule has 11 heteroatoms. The molecule has 2 unspecified atom stereocenters. The molecular weight excluding hydrogens is 550 g/mol. The Morgan fingerprint density at radius 3 is 2.77 bits per heavy atom. The Kier molecular flexibility index (Phi) is 9.31. The normalized spacial score (nSPS) is 26.6. The van der Waals surface area contributed by atoms with Gasteiger partial charge in [0.15, 0.2) is 0 Å². The number of amides is 2. The number of ether oxygens (including phenoxy) is 2. The van der Waals surface area contributed by atoms with Gasteiger partial charge in [0, 0.05) is 6.54 Å². The van der Waals surface area contributed by atoms with Gasteiger partial charge in [-0.15, -0.1) is 18.3 Å². The number of esters is 1. The van der Waals surface area contributed by atoms with Crippen molar-refractivity contribution in [3.05, 3.63) is 49.6 Å². The molecule has 3 fully saturated rings. The van der Waals surface area contributed by atoms with Crippen LogP contribution in [0.25, 0.3) is 11.0 Å². The van der Waals surface area contributed by atoms with Crippen molar-refractivity contribution in [3.8, 4) is 0 Å². The number of carbonyl (C=O) groups is 3. The molecule has 1 N–H and O–H groups in total. The molecule has 11 nitrogen and oxygen atoms in total. The van der Waals surface area contributed by atoms with E-state index < -0.39 is 41.6 Å². The fourth-order valence-electron chi connectivity index (χ4n) is 7.24. The molecule has 2 aromatic rings. The lowest BCUT2D eigenvalue weighted by molar-refractivity contribution is -0.157. The minimum atomic E-state index is -1.19. The minimum absolute atomic E-state index is 0.0816. The number of allylic oxidation sites excluding steroid dienone is 1. The maximum absolute atomic E-state index is 14.7. The van der Waals surface area contributed by atoms with Crippen LogP contribution in [0.4, 0.5) is 0 Å². The van der Waals surface area contributed by atoms with Gasteiger partial charge in [-0.3, -0.25) is 14.4 Å². The van der Waals surface area contributed by atoms with E-state index in [0.29, 0.717) is 31.2 Å². The van der Waals surface area contributed by atoms with Crippen molar-refractivity contribution in [1.29, 1.82) is 0 Å². The highest BCUT2D eigenvalue weighted by Crippen LogP contribution is 2.59. The van der Waals surface area contributed by atoms with E-state index in [1.165, 1.54) is 4.90 Å². The van der Waals surface area contributed by atoms with Crippen LogP contribution in [-0.4, -0.2) is 91.2 Å². The molecule has 1 aromatic heterocycles. The predicted octanol–water partition coefficient (Wildman–Crippen LogP) is 3.08. The molecule has 0 aliphatic carbocycles. The van der Waals surface area contributed by atoms with Gasteiger partial charge in [-0.2, -0.15) is 0 Å². The van der Waals surface area contributed by atoms with E-state index in [-0.39, 0.29) is 44.2 Å². The summed E-state index contributed by atoms with van der Waals surface area (Å²) in [7, 11) is 0. The topological polar surface area (TPSA) is 127 Å². The summed E-state index contributed by atoms with van der Waals surface area (Å²) in [5, 5.41) is 19.0. The summed E-state index contributed by atoms with van der Waals surface area (Å²) in [6.07, 6.45) is 6.83. The minimum Gasteiger partial charge on any atom is -0.465 e. The van der Waals surface area contributed by atoms with Crippen molar-refractivity contribution in [1.82, 2.24) is 24.8 Å². The second-order valence-electron chi connectivity index (χ2n) is 12.3. The lowest BCUT2D eigenvalue weighted by Crippen LogP contribution is -2.59. The van der Waals surface area contributed by atoms with Gasteiger partial charge in [-0.05, 0) is 56.6 Å². The molecule has 3 aliphatic heterocycles. The predicted molar refractivity (Wildman–Crippen MR) is 159 cm³/mol.